The van der Waals surface area contributed by atoms with Crippen molar-refractivity contribution in [2.24, 2.45) is 0 Å². The molecule has 1 aromatic heterocycles. The Bertz CT molecular complexity index is 381. The van der Waals surface area contributed by atoms with Crippen molar-refractivity contribution in [2.45, 2.75) is 39.2 Å². The Morgan fingerprint density at radius 3 is 2.65 bits per heavy atom. The van der Waals surface area contributed by atoms with Gasteiger partial charge in [0.2, 0.25) is 0 Å². The van der Waals surface area contributed by atoms with Crippen molar-refractivity contribution in [2.75, 3.05) is 13.6 Å². The van der Waals surface area contributed by atoms with Gasteiger partial charge in [-0.3, -0.25) is 4.79 Å². The van der Waals surface area contributed by atoms with Crippen LogP contribution in [0.25, 0.3) is 0 Å². The van der Waals surface area contributed by atoms with Gasteiger partial charge in [-0.05, 0) is 14.0 Å². The zero-order valence-electron chi connectivity index (χ0n) is 11.1. The first-order valence-corrected chi connectivity index (χ1v) is 6.64. The number of amides is 1. The first kappa shape index (κ1) is 14.1. The molecule has 1 heterocycles. The van der Waals surface area contributed by atoms with Crippen LogP contribution in [0.5, 0.6) is 0 Å². The van der Waals surface area contributed by atoms with E-state index in [2.05, 4.69) is 36.4 Å². The van der Waals surface area contributed by atoms with E-state index in [1.54, 1.807) is 0 Å². The molecule has 1 aromatic rings. The molecule has 17 heavy (non-hydrogen) atoms. The van der Waals surface area contributed by atoms with E-state index in [1.165, 1.54) is 11.3 Å². The van der Waals surface area contributed by atoms with Gasteiger partial charge < -0.3 is 10.6 Å². The first-order chi connectivity index (χ1) is 7.84. The summed E-state index contributed by atoms with van der Waals surface area (Å²) in [6, 6.07) is 0.264. The summed E-state index contributed by atoms with van der Waals surface area (Å²) >= 11 is 1.54. The second-order valence-corrected chi connectivity index (χ2v) is 6.05. The molecule has 0 aliphatic carbocycles. The quantitative estimate of drug-likeness (QED) is 0.862. The molecule has 0 radical (unpaired) electrons. The molecular weight excluding hydrogens is 234 g/mol. The first-order valence-electron chi connectivity index (χ1n) is 5.76. The van der Waals surface area contributed by atoms with E-state index >= 15 is 0 Å². The lowest BCUT2D eigenvalue weighted by molar-refractivity contribution is 0.0946. The third kappa shape index (κ3) is 4.09. The number of carbonyl (C=O) groups excluding carboxylic acids is 1. The van der Waals surface area contributed by atoms with Gasteiger partial charge in [0.05, 0.1) is 5.01 Å². The Hall–Kier alpha value is -0.940. The number of thiazole rings is 1. The van der Waals surface area contributed by atoms with E-state index in [0.717, 1.165) is 5.01 Å². The number of hydrogen-bond acceptors (Lipinski definition) is 4. The average Bonchev–Trinajstić information content (AvgIpc) is 2.74. The Kier molecular flexibility index (Phi) is 4.65. The van der Waals surface area contributed by atoms with E-state index < -0.39 is 0 Å². The predicted octanol–water partition coefficient (Wildman–Crippen LogP) is 1.78. The third-order valence-corrected chi connectivity index (χ3v) is 3.71. The van der Waals surface area contributed by atoms with Crippen LogP contribution in [0.3, 0.4) is 0 Å². The van der Waals surface area contributed by atoms with Crippen molar-refractivity contribution >= 4 is 17.2 Å². The summed E-state index contributed by atoms with van der Waals surface area (Å²) in [5.74, 6) is -0.0983. The maximum absolute atomic E-state index is 11.8. The van der Waals surface area contributed by atoms with Crippen LogP contribution in [0.2, 0.25) is 0 Å². The maximum Gasteiger partial charge on any atom is 0.270 e. The summed E-state index contributed by atoms with van der Waals surface area (Å²) in [7, 11) is 1.87. The maximum atomic E-state index is 11.8. The monoisotopic (exact) mass is 255 g/mol. The van der Waals surface area contributed by atoms with Crippen LogP contribution in [0, 0.1) is 0 Å². The zero-order chi connectivity index (χ0) is 13.1. The molecule has 0 saturated carbocycles. The molecule has 0 aliphatic heterocycles. The number of nitrogens with zero attached hydrogens (tertiary/aromatic N) is 1. The average molecular weight is 255 g/mol. The van der Waals surface area contributed by atoms with Gasteiger partial charge in [0.1, 0.15) is 5.69 Å². The molecular formula is C12H21N3OS. The number of likely N-dealkylation sites (N-methyl/N-ethyl adjacent to an activating group) is 1. The zero-order valence-corrected chi connectivity index (χ0v) is 11.9. The van der Waals surface area contributed by atoms with Gasteiger partial charge in [-0.1, -0.05) is 20.8 Å². The molecule has 0 aromatic carbocycles. The largest absolute Gasteiger partial charge is 0.349 e. The van der Waals surface area contributed by atoms with Crippen LogP contribution in [0.1, 0.15) is 43.2 Å². The highest BCUT2D eigenvalue weighted by molar-refractivity contribution is 7.10. The van der Waals surface area contributed by atoms with Crippen LogP contribution >= 0.6 is 11.3 Å². The highest BCUT2D eigenvalue weighted by Crippen LogP contribution is 2.25. The summed E-state index contributed by atoms with van der Waals surface area (Å²) in [6.07, 6.45) is 0. The molecule has 4 nitrogen and oxygen atoms in total. The van der Waals surface area contributed by atoms with E-state index in [-0.39, 0.29) is 17.4 Å². The highest BCUT2D eigenvalue weighted by atomic mass is 32.1. The van der Waals surface area contributed by atoms with E-state index in [9.17, 15) is 4.79 Å². The Morgan fingerprint density at radius 2 is 2.18 bits per heavy atom. The second-order valence-electron chi connectivity index (χ2n) is 5.19. The molecule has 1 atom stereocenters. The SMILES string of the molecule is CNC(C)CNC(=O)c1csc(C(C)(C)C)n1. The topological polar surface area (TPSA) is 54.0 Å². The van der Waals surface area contributed by atoms with Gasteiger partial charge in [-0.15, -0.1) is 11.3 Å². The molecule has 96 valence electrons. The van der Waals surface area contributed by atoms with Crippen molar-refractivity contribution in [3.05, 3.63) is 16.1 Å². The number of aromatic nitrogens is 1. The number of rotatable bonds is 4. The molecule has 2 N–H and O–H groups in total. The van der Waals surface area contributed by atoms with Crippen LogP contribution < -0.4 is 10.6 Å². The van der Waals surface area contributed by atoms with Gasteiger partial charge in [0, 0.05) is 23.4 Å². The van der Waals surface area contributed by atoms with E-state index in [0.29, 0.717) is 12.2 Å². The third-order valence-electron chi connectivity index (χ3n) is 2.44. The summed E-state index contributed by atoms with van der Waals surface area (Å²) in [4.78, 5) is 16.2. The van der Waals surface area contributed by atoms with Crippen molar-refractivity contribution < 1.29 is 4.79 Å². The summed E-state index contributed by atoms with van der Waals surface area (Å²) < 4.78 is 0. The van der Waals surface area contributed by atoms with Crippen LogP contribution in [0.4, 0.5) is 0 Å². The lowest BCUT2D eigenvalue weighted by Crippen LogP contribution is -2.37. The van der Waals surface area contributed by atoms with Gasteiger partial charge in [0.15, 0.2) is 0 Å². The molecule has 0 fully saturated rings. The summed E-state index contributed by atoms with van der Waals surface area (Å²) in [5, 5.41) is 8.74. The van der Waals surface area contributed by atoms with Gasteiger partial charge in [-0.25, -0.2) is 4.98 Å². The fraction of sp³-hybridized carbons (Fsp3) is 0.667. The Balaban J connectivity index is 2.61. The van der Waals surface area contributed by atoms with Crippen molar-refractivity contribution in [1.82, 2.24) is 15.6 Å². The molecule has 1 unspecified atom stereocenters. The summed E-state index contributed by atoms with van der Waals surface area (Å²) in [6.45, 7) is 8.91. The standard InChI is InChI=1S/C12H21N3OS/c1-8(13-5)6-14-10(16)9-7-17-11(15-9)12(2,3)4/h7-8,13H,6H2,1-5H3,(H,14,16). The van der Waals surface area contributed by atoms with Crippen LogP contribution in [-0.2, 0) is 5.41 Å². The lowest BCUT2D eigenvalue weighted by atomic mass is 9.98. The summed E-state index contributed by atoms with van der Waals surface area (Å²) in [5.41, 5.74) is 0.518. The lowest BCUT2D eigenvalue weighted by Gasteiger charge is -2.13. The normalized spacial score (nSPS) is 13.5. The van der Waals surface area contributed by atoms with E-state index in [4.69, 9.17) is 0 Å². The van der Waals surface area contributed by atoms with Crippen molar-refractivity contribution in [1.29, 1.82) is 0 Å². The number of hydrogen-bond donors (Lipinski definition) is 2. The minimum atomic E-state index is -0.0983. The number of nitrogens with one attached hydrogen (secondary N) is 2. The molecule has 1 rings (SSSR count). The predicted molar refractivity (Wildman–Crippen MR) is 71.7 cm³/mol. The second kappa shape index (κ2) is 5.60. The van der Waals surface area contributed by atoms with Crippen molar-refractivity contribution in [3.8, 4) is 0 Å². The van der Waals surface area contributed by atoms with Gasteiger partial charge >= 0.3 is 0 Å². The highest BCUT2D eigenvalue weighted by Gasteiger charge is 2.20. The molecule has 0 spiro atoms. The van der Waals surface area contributed by atoms with E-state index in [1.807, 2.05) is 19.4 Å². The van der Waals surface area contributed by atoms with Gasteiger partial charge in [-0.2, -0.15) is 0 Å². The fourth-order valence-electron chi connectivity index (χ4n) is 1.16. The van der Waals surface area contributed by atoms with Crippen molar-refractivity contribution in [3.63, 3.8) is 0 Å². The Labute approximate surface area is 107 Å². The fourth-order valence-corrected chi connectivity index (χ4v) is 2.05. The molecule has 0 bridgehead atoms. The Morgan fingerprint density at radius 1 is 1.53 bits per heavy atom. The smallest absolute Gasteiger partial charge is 0.270 e. The van der Waals surface area contributed by atoms with Gasteiger partial charge in [0.25, 0.3) is 5.91 Å². The molecule has 1 amide bonds. The number of carbonyl (C=O) groups is 1. The molecule has 5 heteroatoms. The minimum Gasteiger partial charge on any atom is -0.349 e. The molecule has 0 aliphatic rings. The molecule has 0 saturated heterocycles. The van der Waals surface area contributed by atoms with Crippen LogP contribution in [0.15, 0.2) is 5.38 Å². The van der Waals surface area contributed by atoms with Crippen LogP contribution in [-0.4, -0.2) is 30.5 Å². The minimum absolute atomic E-state index is 0.00145.